The maximum Gasteiger partial charge on any atom is 0.127 e. The minimum Gasteiger partial charge on any atom is -0.490 e. The van der Waals surface area contributed by atoms with E-state index in [1.807, 2.05) is 0 Å². The van der Waals surface area contributed by atoms with Gasteiger partial charge in [-0.2, -0.15) is 0 Å². The normalized spacial score (nSPS) is 17.1. The van der Waals surface area contributed by atoms with E-state index < -0.39 is 0 Å². The summed E-state index contributed by atoms with van der Waals surface area (Å²) in [5.74, 6) is 1.75. The fraction of sp³-hybridized carbons (Fsp3) is 0.163. The summed E-state index contributed by atoms with van der Waals surface area (Å²) in [4.78, 5) is 0. The Kier molecular flexibility index (Phi) is 7.11. The summed E-state index contributed by atoms with van der Waals surface area (Å²) in [5, 5.41) is 0. The Hall–Kier alpha value is -5.16. The maximum absolute atomic E-state index is 6.34. The molecule has 1 aliphatic carbocycles. The molecule has 6 aromatic rings. The molecule has 2 atom stereocenters. The number of benzene rings is 6. The first-order chi connectivity index (χ1) is 23.3. The number of hydrogen-bond acceptors (Lipinski definition) is 4. The van der Waals surface area contributed by atoms with Gasteiger partial charge < -0.3 is 18.9 Å². The smallest absolute Gasteiger partial charge is 0.127 e. The molecule has 2 aliphatic heterocycles. The lowest BCUT2D eigenvalue weighted by atomic mass is 9.86. The molecule has 0 radical (unpaired) electrons. The van der Waals surface area contributed by atoms with Crippen molar-refractivity contribution in [1.29, 1.82) is 0 Å². The van der Waals surface area contributed by atoms with E-state index in [-0.39, 0.29) is 12.2 Å². The summed E-state index contributed by atoms with van der Waals surface area (Å²) in [6, 6.07) is 47.7. The van der Waals surface area contributed by atoms with E-state index in [4.69, 9.17) is 18.9 Å². The first-order valence-corrected chi connectivity index (χ1v) is 16.4. The van der Waals surface area contributed by atoms with Gasteiger partial charge in [0.15, 0.2) is 0 Å². The van der Waals surface area contributed by atoms with Gasteiger partial charge in [-0.15, -0.1) is 0 Å². The van der Waals surface area contributed by atoms with Gasteiger partial charge in [-0.1, -0.05) is 109 Å². The molecule has 2 fully saturated rings. The molecule has 0 spiro atoms. The van der Waals surface area contributed by atoms with Gasteiger partial charge in [0.25, 0.3) is 0 Å². The highest BCUT2D eigenvalue weighted by Gasteiger charge is 2.27. The van der Waals surface area contributed by atoms with Gasteiger partial charge in [0, 0.05) is 11.1 Å². The van der Waals surface area contributed by atoms with Crippen LogP contribution in [0.25, 0.3) is 55.6 Å². The zero-order valence-corrected chi connectivity index (χ0v) is 26.0. The van der Waals surface area contributed by atoms with Crippen molar-refractivity contribution in [1.82, 2.24) is 0 Å². The second-order valence-corrected chi connectivity index (χ2v) is 12.5. The van der Waals surface area contributed by atoms with Crippen molar-refractivity contribution in [3.8, 4) is 67.1 Å². The highest BCUT2D eigenvalue weighted by molar-refractivity contribution is 5.96. The van der Waals surface area contributed by atoms with Gasteiger partial charge in [-0.3, -0.25) is 0 Å². The van der Waals surface area contributed by atoms with Crippen molar-refractivity contribution in [2.24, 2.45) is 0 Å². The Labute approximate surface area is 275 Å². The van der Waals surface area contributed by atoms with E-state index in [9.17, 15) is 0 Å². The van der Waals surface area contributed by atoms with Crippen LogP contribution in [-0.4, -0.2) is 38.6 Å². The predicted molar refractivity (Wildman–Crippen MR) is 187 cm³/mol. The van der Waals surface area contributed by atoms with Gasteiger partial charge in [-0.25, -0.2) is 0 Å². The quantitative estimate of drug-likeness (QED) is 0.144. The van der Waals surface area contributed by atoms with Gasteiger partial charge in [0.05, 0.1) is 13.2 Å². The zero-order valence-electron chi connectivity index (χ0n) is 26.0. The molecule has 0 aromatic heterocycles. The van der Waals surface area contributed by atoms with E-state index in [0.717, 1.165) is 59.0 Å². The Morgan fingerprint density at radius 3 is 1.62 bits per heavy atom. The second kappa shape index (κ2) is 11.9. The summed E-state index contributed by atoms with van der Waals surface area (Å²) in [6.45, 7) is 2.65. The number of fused-ring (bicyclic) bond motifs is 3. The molecular weight excluding hydrogens is 580 g/mol. The van der Waals surface area contributed by atoms with Crippen LogP contribution in [0, 0.1) is 0 Å². The van der Waals surface area contributed by atoms with Crippen LogP contribution >= 0.6 is 0 Å². The van der Waals surface area contributed by atoms with Crippen molar-refractivity contribution < 1.29 is 18.9 Å². The lowest BCUT2D eigenvalue weighted by Gasteiger charge is -2.20. The number of ether oxygens (including phenoxy) is 4. The first kappa shape index (κ1) is 28.1. The molecule has 4 heteroatoms. The molecular formula is C43H34O4. The molecule has 0 amide bonds. The van der Waals surface area contributed by atoms with Crippen LogP contribution in [-0.2, 0) is 15.9 Å². The first-order valence-electron chi connectivity index (χ1n) is 16.4. The molecule has 4 nitrogen and oxygen atoms in total. The molecule has 2 saturated heterocycles. The lowest BCUT2D eigenvalue weighted by Crippen LogP contribution is -2.05. The third kappa shape index (κ3) is 5.61. The lowest BCUT2D eigenvalue weighted by molar-refractivity contribution is 0.264. The van der Waals surface area contributed by atoms with Crippen LogP contribution in [0.1, 0.15) is 11.1 Å². The van der Waals surface area contributed by atoms with Crippen molar-refractivity contribution in [3.63, 3.8) is 0 Å². The molecule has 0 saturated carbocycles. The molecule has 2 unspecified atom stereocenters. The highest BCUT2D eigenvalue weighted by atomic mass is 16.6. The molecule has 0 N–H and O–H groups in total. The number of rotatable bonds is 10. The van der Waals surface area contributed by atoms with E-state index >= 15 is 0 Å². The van der Waals surface area contributed by atoms with Crippen molar-refractivity contribution >= 4 is 0 Å². The van der Waals surface area contributed by atoms with Crippen LogP contribution in [0.2, 0.25) is 0 Å². The molecule has 9 rings (SSSR count). The molecule has 6 aromatic carbocycles. The van der Waals surface area contributed by atoms with E-state index in [2.05, 4.69) is 133 Å². The Balaban J connectivity index is 1.22. The average molecular weight is 615 g/mol. The Bertz CT molecular complexity index is 2080. The molecule has 2 heterocycles. The van der Waals surface area contributed by atoms with Crippen molar-refractivity contribution in [3.05, 3.63) is 145 Å². The molecule has 3 aliphatic rings. The minimum atomic E-state index is 0.184. The summed E-state index contributed by atoms with van der Waals surface area (Å²) in [6.07, 6.45) is 1.26. The Morgan fingerprint density at radius 1 is 0.468 bits per heavy atom. The minimum absolute atomic E-state index is 0.184. The average Bonchev–Trinajstić information content (AvgIpc) is 4.08. The fourth-order valence-corrected chi connectivity index (χ4v) is 6.80. The third-order valence-corrected chi connectivity index (χ3v) is 9.37. The second-order valence-electron chi connectivity index (χ2n) is 12.5. The van der Waals surface area contributed by atoms with Gasteiger partial charge in [0.1, 0.15) is 36.9 Å². The van der Waals surface area contributed by atoms with Crippen LogP contribution in [0.3, 0.4) is 0 Å². The third-order valence-electron chi connectivity index (χ3n) is 9.37. The van der Waals surface area contributed by atoms with Crippen LogP contribution in [0.5, 0.6) is 11.5 Å². The Morgan fingerprint density at radius 2 is 1.00 bits per heavy atom. The SMILES string of the molecule is c1ccc(-c2cc(-c3ccc4c(c3-c3ccc(OCC5CO5)c(-c5ccccc5)c3)Cc3ccccc3-4)ccc2OCC2CO2)cc1. The topological polar surface area (TPSA) is 43.5 Å². The van der Waals surface area contributed by atoms with E-state index in [1.54, 1.807) is 0 Å². The molecule has 230 valence electrons. The molecule has 0 bridgehead atoms. The summed E-state index contributed by atoms with van der Waals surface area (Å²) < 4.78 is 23.5. The monoisotopic (exact) mass is 614 g/mol. The summed E-state index contributed by atoms with van der Waals surface area (Å²) in [5.41, 5.74) is 14.5. The predicted octanol–water partition coefficient (Wildman–Crippen LogP) is 9.48. The van der Waals surface area contributed by atoms with Crippen LogP contribution in [0.4, 0.5) is 0 Å². The van der Waals surface area contributed by atoms with Gasteiger partial charge in [0.2, 0.25) is 0 Å². The van der Waals surface area contributed by atoms with E-state index in [1.165, 1.54) is 38.9 Å². The van der Waals surface area contributed by atoms with Crippen LogP contribution in [0.15, 0.2) is 133 Å². The zero-order chi connectivity index (χ0) is 31.2. The summed E-state index contributed by atoms with van der Waals surface area (Å²) >= 11 is 0. The number of epoxide rings is 2. The van der Waals surface area contributed by atoms with Gasteiger partial charge in [-0.05, 0) is 86.3 Å². The standard InChI is InChI=1S/C43H34O4/c1-3-9-28(10-4-1)38-21-31(15-19-41(38)46-26-33-24-44-33)36-17-18-37-35-14-8-7-13-30(35)22-40(37)43(36)32-16-20-42(47-27-34-25-45-34)39(23-32)29-11-5-2-6-12-29/h1-21,23,33-34H,22,24-27H2. The highest BCUT2D eigenvalue weighted by Crippen LogP contribution is 2.48. The number of hydrogen-bond donors (Lipinski definition) is 0. The van der Waals surface area contributed by atoms with Crippen molar-refractivity contribution in [2.45, 2.75) is 18.6 Å². The van der Waals surface area contributed by atoms with Gasteiger partial charge >= 0.3 is 0 Å². The van der Waals surface area contributed by atoms with Crippen molar-refractivity contribution in [2.75, 3.05) is 26.4 Å². The maximum atomic E-state index is 6.34. The molecule has 47 heavy (non-hydrogen) atoms. The fourth-order valence-electron chi connectivity index (χ4n) is 6.80. The van der Waals surface area contributed by atoms with E-state index in [0.29, 0.717) is 13.2 Å². The van der Waals surface area contributed by atoms with Crippen LogP contribution < -0.4 is 9.47 Å². The largest absolute Gasteiger partial charge is 0.490 e. The summed E-state index contributed by atoms with van der Waals surface area (Å²) in [7, 11) is 0.